The van der Waals surface area contributed by atoms with Gasteiger partial charge in [-0.1, -0.05) is 0 Å². The van der Waals surface area contributed by atoms with E-state index in [0.717, 1.165) is 42.5 Å². The third-order valence-electron chi connectivity index (χ3n) is 4.20. The summed E-state index contributed by atoms with van der Waals surface area (Å²) < 4.78 is 7.14. The molecule has 0 aliphatic carbocycles. The van der Waals surface area contributed by atoms with Gasteiger partial charge in [0.25, 0.3) is 0 Å². The van der Waals surface area contributed by atoms with Crippen molar-refractivity contribution in [2.75, 3.05) is 26.7 Å². The van der Waals surface area contributed by atoms with Gasteiger partial charge in [-0.3, -0.25) is 14.2 Å². The lowest BCUT2D eigenvalue weighted by atomic mass is 9.97. The fourth-order valence-corrected chi connectivity index (χ4v) is 3.67. The van der Waals surface area contributed by atoms with Crippen LogP contribution in [0.3, 0.4) is 0 Å². The van der Waals surface area contributed by atoms with Gasteiger partial charge in [-0.15, -0.1) is 35.3 Å². The number of hydrogen-bond acceptors (Lipinski definition) is 5. The van der Waals surface area contributed by atoms with Gasteiger partial charge in [0, 0.05) is 37.9 Å². The SMILES string of the molecule is CCOC(=O)C1CCN(C(=NC)NCc2cn3ccsc3n2)CC1.I. The molecule has 1 fully saturated rings. The van der Waals surface area contributed by atoms with Gasteiger partial charge in [-0.25, -0.2) is 4.98 Å². The first-order valence-electron chi connectivity index (χ1n) is 8.24. The van der Waals surface area contributed by atoms with E-state index in [2.05, 4.69) is 20.2 Å². The molecule has 0 atom stereocenters. The number of guanidine groups is 1. The van der Waals surface area contributed by atoms with E-state index in [1.54, 1.807) is 18.4 Å². The number of aromatic nitrogens is 2. The van der Waals surface area contributed by atoms with Crippen molar-refractivity contribution in [3.8, 4) is 0 Å². The second-order valence-electron chi connectivity index (χ2n) is 5.74. The fraction of sp³-hybridized carbons (Fsp3) is 0.562. The molecule has 3 rings (SSSR count). The first-order valence-corrected chi connectivity index (χ1v) is 9.12. The molecule has 7 nitrogen and oxygen atoms in total. The van der Waals surface area contributed by atoms with E-state index >= 15 is 0 Å². The van der Waals surface area contributed by atoms with Crippen molar-refractivity contribution in [3.05, 3.63) is 23.5 Å². The molecular formula is C16H24IN5O2S. The predicted molar refractivity (Wildman–Crippen MR) is 110 cm³/mol. The van der Waals surface area contributed by atoms with E-state index in [-0.39, 0.29) is 35.9 Å². The quantitative estimate of drug-likeness (QED) is 0.317. The molecule has 0 unspecified atom stereocenters. The number of nitrogens with one attached hydrogen (secondary N) is 1. The molecule has 1 aliphatic heterocycles. The summed E-state index contributed by atoms with van der Waals surface area (Å²) in [6.45, 7) is 4.55. The van der Waals surface area contributed by atoms with Gasteiger partial charge < -0.3 is 15.0 Å². The summed E-state index contributed by atoms with van der Waals surface area (Å²) in [7, 11) is 1.78. The molecule has 9 heteroatoms. The van der Waals surface area contributed by atoms with Crippen LogP contribution in [-0.4, -0.2) is 53.0 Å². The largest absolute Gasteiger partial charge is 0.466 e. The van der Waals surface area contributed by atoms with Crippen molar-refractivity contribution in [2.24, 2.45) is 10.9 Å². The molecule has 0 amide bonds. The number of aliphatic imine (C=N–C) groups is 1. The third kappa shape index (κ3) is 4.84. The van der Waals surface area contributed by atoms with E-state index in [1.807, 2.05) is 29.1 Å². The zero-order valence-electron chi connectivity index (χ0n) is 14.5. The summed E-state index contributed by atoms with van der Waals surface area (Å²) in [5, 5.41) is 5.38. The van der Waals surface area contributed by atoms with Crippen LogP contribution in [-0.2, 0) is 16.1 Å². The molecule has 2 aromatic heterocycles. The third-order valence-corrected chi connectivity index (χ3v) is 4.97. The highest BCUT2D eigenvalue weighted by atomic mass is 127. The van der Waals surface area contributed by atoms with Crippen molar-refractivity contribution >= 4 is 52.2 Å². The van der Waals surface area contributed by atoms with Crippen molar-refractivity contribution in [1.29, 1.82) is 0 Å². The van der Waals surface area contributed by atoms with E-state index in [0.29, 0.717) is 13.2 Å². The number of halogens is 1. The maximum Gasteiger partial charge on any atom is 0.309 e. The minimum atomic E-state index is -0.0711. The molecule has 2 aromatic rings. The minimum Gasteiger partial charge on any atom is -0.466 e. The summed E-state index contributed by atoms with van der Waals surface area (Å²) >= 11 is 1.62. The number of thiazole rings is 1. The average molecular weight is 477 g/mol. The van der Waals surface area contributed by atoms with Crippen LogP contribution >= 0.6 is 35.3 Å². The highest BCUT2D eigenvalue weighted by molar-refractivity contribution is 14.0. The molecule has 3 heterocycles. The predicted octanol–water partition coefficient (Wildman–Crippen LogP) is 2.36. The Balaban J connectivity index is 0.00000225. The van der Waals surface area contributed by atoms with E-state index in [1.165, 1.54) is 0 Å². The van der Waals surface area contributed by atoms with Crippen molar-refractivity contribution in [1.82, 2.24) is 19.6 Å². The molecule has 138 valence electrons. The number of rotatable bonds is 4. The van der Waals surface area contributed by atoms with Crippen molar-refractivity contribution in [2.45, 2.75) is 26.3 Å². The topological polar surface area (TPSA) is 71.2 Å². The van der Waals surface area contributed by atoms with Crippen LogP contribution < -0.4 is 5.32 Å². The van der Waals surface area contributed by atoms with Crippen LogP contribution in [0.2, 0.25) is 0 Å². The molecule has 0 spiro atoms. The number of hydrogen-bond donors (Lipinski definition) is 1. The number of piperidine rings is 1. The highest BCUT2D eigenvalue weighted by Gasteiger charge is 2.27. The van der Waals surface area contributed by atoms with Crippen LogP contribution in [0.5, 0.6) is 0 Å². The number of carbonyl (C=O) groups is 1. The first kappa shape index (κ1) is 20.0. The fourth-order valence-electron chi connectivity index (χ4n) is 2.95. The van der Waals surface area contributed by atoms with Gasteiger partial charge in [0.2, 0.25) is 0 Å². The van der Waals surface area contributed by atoms with Gasteiger partial charge in [0.05, 0.1) is 24.8 Å². The minimum absolute atomic E-state index is 0. The normalized spacial score (nSPS) is 15.9. The van der Waals surface area contributed by atoms with Crippen LogP contribution in [0, 0.1) is 5.92 Å². The molecule has 1 saturated heterocycles. The summed E-state index contributed by atoms with van der Waals surface area (Å²) in [6, 6.07) is 0. The van der Waals surface area contributed by atoms with Gasteiger partial charge >= 0.3 is 5.97 Å². The molecular weight excluding hydrogens is 453 g/mol. The lowest BCUT2D eigenvalue weighted by Gasteiger charge is -2.33. The molecule has 0 aromatic carbocycles. The smallest absolute Gasteiger partial charge is 0.309 e. The zero-order valence-corrected chi connectivity index (χ0v) is 17.6. The Bertz CT molecular complexity index is 693. The highest BCUT2D eigenvalue weighted by Crippen LogP contribution is 2.19. The summed E-state index contributed by atoms with van der Waals surface area (Å²) in [6.07, 6.45) is 5.64. The average Bonchev–Trinajstić information content (AvgIpc) is 3.18. The number of likely N-dealkylation sites (tertiary alicyclic amines) is 1. The number of nitrogens with zero attached hydrogens (tertiary/aromatic N) is 4. The van der Waals surface area contributed by atoms with Crippen molar-refractivity contribution in [3.63, 3.8) is 0 Å². The molecule has 1 N–H and O–H groups in total. The number of carbonyl (C=O) groups excluding carboxylic acids is 1. The lowest BCUT2D eigenvalue weighted by Crippen LogP contribution is -2.46. The van der Waals surface area contributed by atoms with Crippen LogP contribution in [0.1, 0.15) is 25.5 Å². The Kier molecular flexibility index (Phi) is 7.48. The Hall–Kier alpha value is -1.36. The second-order valence-corrected chi connectivity index (χ2v) is 6.61. The number of fused-ring (bicyclic) bond motifs is 1. The van der Waals surface area contributed by atoms with Crippen molar-refractivity contribution < 1.29 is 9.53 Å². The maximum atomic E-state index is 11.8. The standard InChI is InChI=1S/C16H23N5O2S.HI/c1-3-23-14(22)12-4-6-20(7-5-12)15(17-2)18-10-13-11-21-8-9-24-16(21)19-13;/h8-9,11-12H,3-7,10H2,1-2H3,(H,17,18);1H. The van der Waals surface area contributed by atoms with Crippen LogP contribution in [0.15, 0.2) is 22.8 Å². The van der Waals surface area contributed by atoms with Gasteiger partial charge in [0.1, 0.15) is 0 Å². The van der Waals surface area contributed by atoms with E-state index in [4.69, 9.17) is 4.74 Å². The van der Waals surface area contributed by atoms with E-state index < -0.39 is 0 Å². The summed E-state index contributed by atoms with van der Waals surface area (Å²) in [5.74, 6) is 0.797. The maximum absolute atomic E-state index is 11.8. The van der Waals surface area contributed by atoms with Gasteiger partial charge in [0.15, 0.2) is 10.9 Å². The van der Waals surface area contributed by atoms with Crippen LogP contribution in [0.4, 0.5) is 0 Å². The summed E-state index contributed by atoms with van der Waals surface area (Å²) in [5.41, 5.74) is 0.990. The number of ether oxygens (including phenoxy) is 1. The monoisotopic (exact) mass is 477 g/mol. The molecule has 0 saturated carbocycles. The summed E-state index contributed by atoms with van der Waals surface area (Å²) in [4.78, 5) is 23.9. The van der Waals surface area contributed by atoms with Crippen LogP contribution in [0.25, 0.3) is 4.96 Å². The number of esters is 1. The zero-order chi connectivity index (χ0) is 16.9. The molecule has 1 aliphatic rings. The molecule has 25 heavy (non-hydrogen) atoms. The van der Waals surface area contributed by atoms with Gasteiger partial charge in [-0.2, -0.15) is 0 Å². The Labute approximate surface area is 168 Å². The molecule has 0 bridgehead atoms. The first-order chi connectivity index (χ1) is 11.7. The van der Waals surface area contributed by atoms with E-state index in [9.17, 15) is 4.79 Å². The number of imidazole rings is 1. The Morgan fingerprint density at radius 3 is 2.88 bits per heavy atom. The second kappa shape index (κ2) is 9.37. The lowest BCUT2D eigenvalue weighted by molar-refractivity contribution is -0.149. The Morgan fingerprint density at radius 1 is 1.48 bits per heavy atom. The Morgan fingerprint density at radius 2 is 2.24 bits per heavy atom. The van der Waals surface area contributed by atoms with Gasteiger partial charge in [-0.05, 0) is 19.8 Å². The molecule has 0 radical (unpaired) electrons.